The van der Waals surface area contributed by atoms with Gasteiger partial charge in [0.1, 0.15) is 0 Å². The fraction of sp³-hybridized carbons (Fsp3) is 0.562. The summed E-state index contributed by atoms with van der Waals surface area (Å²) in [6.45, 7) is 3.12. The molecule has 0 bridgehead atoms. The zero-order chi connectivity index (χ0) is 14.6. The molecule has 3 nitrogen and oxygen atoms in total. The van der Waals surface area contributed by atoms with Gasteiger partial charge in [0, 0.05) is 16.9 Å². The Balaban J connectivity index is 2.25. The molecule has 0 saturated heterocycles. The molecule has 20 heavy (non-hydrogen) atoms. The molecule has 0 radical (unpaired) electrons. The van der Waals surface area contributed by atoms with Gasteiger partial charge in [-0.15, -0.1) is 11.3 Å². The van der Waals surface area contributed by atoms with Crippen LogP contribution in [0.3, 0.4) is 0 Å². The molecule has 0 fully saturated rings. The number of thiophene rings is 1. The second kappa shape index (κ2) is 10.5. The number of rotatable bonds is 8. The SMILES string of the molecule is CCCCCCCC(=O)NCc1sccc1C#CCN. The Morgan fingerprint density at radius 3 is 2.90 bits per heavy atom. The van der Waals surface area contributed by atoms with E-state index in [4.69, 9.17) is 5.73 Å². The average Bonchev–Trinajstić information content (AvgIpc) is 2.90. The molecular weight excluding hydrogens is 268 g/mol. The van der Waals surface area contributed by atoms with E-state index in [-0.39, 0.29) is 5.91 Å². The van der Waals surface area contributed by atoms with Crippen LogP contribution < -0.4 is 11.1 Å². The van der Waals surface area contributed by atoms with E-state index < -0.39 is 0 Å². The van der Waals surface area contributed by atoms with Crippen molar-refractivity contribution < 1.29 is 4.79 Å². The van der Waals surface area contributed by atoms with Crippen LogP contribution in [0.15, 0.2) is 11.4 Å². The Bertz CT molecular complexity index is 457. The summed E-state index contributed by atoms with van der Waals surface area (Å²) in [7, 11) is 0. The van der Waals surface area contributed by atoms with Crippen LogP contribution in [0, 0.1) is 11.8 Å². The second-order valence-corrected chi connectivity index (χ2v) is 5.70. The van der Waals surface area contributed by atoms with E-state index in [1.54, 1.807) is 11.3 Å². The molecule has 0 aliphatic carbocycles. The average molecular weight is 292 g/mol. The van der Waals surface area contributed by atoms with Crippen molar-refractivity contribution in [1.29, 1.82) is 0 Å². The van der Waals surface area contributed by atoms with E-state index >= 15 is 0 Å². The van der Waals surface area contributed by atoms with Crippen molar-refractivity contribution in [2.24, 2.45) is 5.73 Å². The van der Waals surface area contributed by atoms with Crippen molar-refractivity contribution in [3.8, 4) is 11.8 Å². The second-order valence-electron chi connectivity index (χ2n) is 4.70. The highest BCUT2D eigenvalue weighted by Gasteiger charge is 2.05. The van der Waals surface area contributed by atoms with E-state index in [0.717, 1.165) is 23.3 Å². The number of hydrogen-bond donors (Lipinski definition) is 2. The van der Waals surface area contributed by atoms with Gasteiger partial charge in [-0.1, -0.05) is 44.4 Å². The molecule has 1 amide bonds. The lowest BCUT2D eigenvalue weighted by atomic mass is 10.1. The fourth-order valence-electron chi connectivity index (χ4n) is 1.89. The number of unbranched alkanes of at least 4 members (excludes halogenated alkanes) is 4. The molecule has 110 valence electrons. The predicted molar refractivity (Wildman–Crippen MR) is 85.5 cm³/mol. The van der Waals surface area contributed by atoms with Crippen LogP contribution in [-0.4, -0.2) is 12.5 Å². The van der Waals surface area contributed by atoms with E-state index in [1.165, 1.54) is 19.3 Å². The maximum atomic E-state index is 11.7. The molecule has 0 unspecified atom stereocenters. The van der Waals surface area contributed by atoms with Gasteiger partial charge >= 0.3 is 0 Å². The van der Waals surface area contributed by atoms with Gasteiger partial charge in [-0.3, -0.25) is 4.79 Å². The first-order valence-electron chi connectivity index (χ1n) is 7.30. The number of carbonyl (C=O) groups is 1. The minimum Gasteiger partial charge on any atom is -0.351 e. The molecule has 1 aromatic rings. The molecule has 1 heterocycles. The third-order valence-electron chi connectivity index (χ3n) is 3.02. The first-order valence-corrected chi connectivity index (χ1v) is 8.18. The van der Waals surface area contributed by atoms with E-state index in [9.17, 15) is 4.79 Å². The van der Waals surface area contributed by atoms with Gasteiger partial charge < -0.3 is 11.1 Å². The van der Waals surface area contributed by atoms with Crippen molar-refractivity contribution in [2.45, 2.75) is 52.0 Å². The maximum absolute atomic E-state index is 11.7. The molecule has 1 aromatic heterocycles. The first kappa shape index (κ1) is 16.7. The Hall–Kier alpha value is -1.31. The smallest absolute Gasteiger partial charge is 0.220 e. The minimum atomic E-state index is 0.132. The van der Waals surface area contributed by atoms with Crippen LogP contribution in [0.2, 0.25) is 0 Å². The predicted octanol–water partition coefficient (Wildman–Crippen LogP) is 3.04. The van der Waals surface area contributed by atoms with Gasteiger partial charge in [0.05, 0.1) is 13.1 Å². The summed E-state index contributed by atoms with van der Waals surface area (Å²) in [6.07, 6.45) is 6.48. The number of nitrogens with two attached hydrogens (primary N) is 1. The molecule has 0 spiro atoms. The molecule has 0 saturated carbocycles. The van der Waals surface area contributed by atoms with Crippen LogP contribution in [-0.2, 0) is 11.3 Å². The number of amides is 1. The van der Waals surface area contributed by atoms with Gasteiger partial charge in [-0.25, -0.2) is 0 Å². The Kier molecular flexibility index (Phi) is 8.77. The van der Waals surface area contributed by atoms with Crippen molar-refractivity contribution in [1.82, 2.24) is 5.32 Å². The Morgan fingerprint density at radius 2 is 2.15 bits per heavy atom. The van der Waals surface area contributed by atoms with Crippen LogP contribution in [0.5, 0.6) is 0 Å². The quantitative estimate of drug-likeness (QED) is 0.571. The van der Waals surface area contributed by atoms with Crippen LogP contribution >= 0.6 is 11.3 Å². The summed E-state index contributed by atoms with van der Waals surface area (Å²) in [6, 6.07) is 1.97. The summed E-state index contributed by atoms with van der Waals surface area (Å²) in [5.41, 5.74) is 6.34. The minimum absolute atomic E-state index is 0.132. The monoisotopic (exact) mass is 292 g/mol. The summed E-state index contributed by atoms with van der Waals surface area (Å²) in [5, 5.41) is 4.96. The topological polar surface area (TPSA) is 55.1 Å². The largest absolute Gasteiger partial charge is 0.351 e. The molecule has 1 rings (SSSR count). The number of nitrogens with one attached hydrogen (secondary N) is 1. The zero-order valence-electron chi connectivity index (χ0n) is 12.2. The normalized spacial score (nSPS) is 9.90. The maximum Gasteiger partial charge on any atom is 0.220 e. The molecule has 3 N–H and O–H groups in total. The van der Waals surface area contributed by atoms with Crippen LogP contribution in [0.4, 0.5) is 0 Å². The zero-order valence-corrected chi connectivity index (χ0v) is 13.0. The van der Waals surface area contributed by atoms with Crippen LogP contribution in [0.25, 0.3) is 0 Å². The third-order valence-corrected chi connectivity index (χ3v) is 3.94. The fourth-order valence-corrected chi connectivity index (χ4v) is 2.66. The van der Waals surface area contributed by atoms with E-state index in [2.05, 4.69) is 24.1 Å². The highest BCUT2D eigenvalue weighted by atomic mass is 32.1. The number of carbonyl (C=O) groups excluding carboxylic acids is 1. The lowest BCUT2D eigenvalue weighted by Gasteiger charge is -2.04. The summed E-state index contributed by atoms with van der Waals surface area (Å²) >= 11 is 1.62. The standard InChI is InChI=1S/C16H24N2OS/c1-2-3-4-5-6-9-16(19)18-13-15-14(8-7-11-17)10-12-20-15/h10,12H,2-6,9,11,13,17H2,1H3,(H,18,19). The summed E-state index contributed by atoms with van der Waals surface area (Å²) < 4.78 is 0. The van der Waals surface area contributed by atoms with Gasteiger partial charge in [0.15, 0.2) is 0 Å². The van der Waals surface area contributed by atoms with Crippen molar-refractivity contribution >= 4 is 17.2 Å². The lowest BCUT2D eigenvalue weighted by molar-refractivity contribution is -0.121. The van der Waals surface area contributed by atoms with Gasteiger partial charge in [0.2, 0.25) is 5.91 Å². The molecule has 4 heteroatoms. The Morgan fingerprint density at radius 1 is 1.35 bits per heavy atom. The summed E-state index contributed by atoms with van der Waals surface area (Å²) in [4.78, 5) is 12.8. The van der Waals surface area contributed by atoms with Crippen LogP contribution in [0.1, 0.15) is 55.9 Å². The number of hydrogen-bond acceptors (Lipinski definition) is 3. The van der Waals surface area contributed by atoms with Crippen molar-refractivity contribution in [3.05, 3.63) is 21.9 Å². The summed E-state index contributed by atoms with van der Waals surface area (Å²) in [5.74, 6) is 6.00. The van der Waals surface area contributed by atoms with Gasteiger partial charge in [-0.2, -0.15) is 0 Å². The van der Waals surface area contributed by atoms with Gasteiger partial charge in [-0.05, 0) is 17.9 Å². The Labute approximate surface area is 126 Å². The first-order chi connectivity index (χ1) is 9.77. The molecule has 0 aromatic carbocycles. The van der Waals surface area contributed by atoms with Gasteiger partial charge in [0.25, 0.3) is 0 Å². The van der Waals surface area contributed by atoms with E-state index in [1.807, 2.05) is 11.4 Å². The molecule has 0 aliphatic rings. The highest BCUT2D eigenvalue weighted by Crippen LogP contribution is 2.15. The highest BCUT2D eigenvalue weighted by molar-refractivity contribution is 7.10. The third kappa shape index (κ3) is 6.74. The molecule has 0 atom stereocenters. The lowest BCUT2D eigenvalue weighted by Crippen LogP contribution is -2.22. The van der Waals surface area contributed by atoms with Crippen molar-refractivity contribution in [2.75, 3.05) is 6.54 Å². The molecule has 0 aliphatic heterocycles. The van der Waals surface area contributed by atoms with E-state index in [0.29, 0.717) is 19.5 Å². The molecular formula is C16H24N2OS. The van der Waals surface area contributed by atoms with Crippen molar-refractivity contribution in [3.63, 3.8) is 0 Å².